The summed E-state index contributed by atoms with van der Waals surface area (Å²) in [5.41, 5.74) is -0.696. The van der Waals surface area contributed by atoms with Gasteiger partial charge in [-0.2, -0.15) is 22.0 Å². The summed E-state index contributed by atoms with van der Waals surface area (Å²) >= 11 is 0. The first-order valence-electron chi connectivity index (χ1n) is 9.03. The number of H-pyrrole nitrogens is 1. The minimum atomic E-state index is -4.70. The van der Waals surface area contributed by atoms with Crippen LogP contribution in [0.25, 0.3) is 22.6 Å². The second-order valence-electron chi connectivity index (χ2n) is 6.58. The Morgan fingerprint density at radius 1 is 0.875 bits per heavy atom. The Morgan fingerprint density at radius 2 is 1.59 bits per heavy atom. The van der Waals surface area contributed by atoms with Gasteiger partial charge < -0.3 is 9.72 Å². The topological polar surface area (TPSA) is 63.7 Å². The molecule has 0 saturated heterocycles. The zero-order valence-electron chi connectivity index (χ0n) is 15.9. The smallest absolute Gasteiger partial charge is 0.417 e. The molecule has 0 radical (unpaired) electrons. The molecule has 0 amide bonds. The number of nitrogens with zero attached hydrogens (tertiary/aromatic N) is 3. The van der Waals surface area contributed by atoms with E-state index in [0.717, 1.165) is 6.07 Å². The second kappa shape index (κ2) is 8.33. The Bertz CT molecular complexity index is 1240. The number of hydrogen-bond donors (Lipinski definition) is 1. The van der Waals surface area contributed by atoms with Gasteiger partial charge in [0.25, 0.3) is 0 Å². The number of halogens is 6. The first-order valence-corrected chi connectivity index (χ1v) is 9.03. The van der Waals surface area contributed by atoms with E-state index in [1.807, 2.05) is 0 Å². The molecule has 3 aromatic heterocycles. The molecule has 164 valence electrons. The van der Waals surface area contributed by atoms with Gasteiger partial charge in [0.05, 0.1) is 5.56 Å². The van der Waals surface area contributed by atoms with Crippen molar-refractivity contribution in [1.82, 2.24) is 19.9 Å². The lowest BCUT2D eigenvalue weighted by Crippen LogP contribution is -2.09. The van der Waals surface area contributed by atoms with Crippen LogP contribution in [0.2, 0.25) is 0 Å². The van der Waals surface area contributed by atoms with Crippen molar-refractivity contribution in [2.24, 2.45) is 0 Å². The molecule has 3 heterocycles. The van der Waals surface area contributed by atoms with Crippen LogP contribution in [0.5, 0.6) is 5.75 Å². The van der Waals surface area contributed by atoms with Gasteiger partial charge in [0.1, 0.15) is 35.4 Å². The Kier molecular flexibility index (Phi) is 5.56. The van der Waals surface area contributed by atoms with Crippen LogP contribution in [0.15, 0.2) is 54.9 Å². The average Bonchev–Trinajstić information content (AvgIpc) is 3.14. The third-order valence-corrected chi connectivity index (χ3v) is 4.41. The second-order valence-corrected chi connectivity index (χ2v) is 6.58. The maximum absolute atomic E-state index is 14.3. The number of pyridine rings is 2. The molecule has 1 N–H and O–H groups in total. The highest BCUT2D eigenvalue weighted by Crippen LogP contribution is 2.30. The van der Waals surface area contributed by atoms with E-state index in [2.05, 4.69) is 19.9 Å². The Balaban J connectivity index is 1.47. The van der Waals surface area contributed by atoms with Crippen LogP contribution in [-0.2, 0) is 12.8 Å². The Morgan fingerprint density at radius 3 is 2.22 bits per heavy atom. The van der Waals surface area contributed by atoms with Crippen molar-refractivity contribution in [3.63, 3.8) is 0 Å². The fourth-order valence-electron chi connectivity index (χ4n) is 2.78. The minimum Gasteiger partial charge on any atom is -0.487 e. The summed E-state index contributed by atoms with van der Waals surface area (Å²) in [6.45, 7) is -0.401. The van der Waals surface area contributed by atoms with Gasteiger partial charge in [-0.15, -0.1) is 0 Å². The van der Waals surface area contributed by atoms with Crippen LogP contribution in [0, 0.1) is 17.7 Å². The number of benzene rings is 1. The molecule has 0 atom stereocenters. The molecule has 0 saturated carbocycles. The third-order valence-electron chi connectivity index (χ3n) is 4.41. The number of nitrogens with one attached hydrogen (secondary N) is 1. The molecule has 0 fully saturated rings. The maximum Gasteiger partial charge on any atom is 0.417 e. The van der Waals surface area contributed by atoms with Gasteiger partial charge >= 0.3 is 6.18 Å². The lowest BCUT2D eigenvalue weighted by Gasteiger charge is -2.10. The van der Waals surface area contributed by atoms with Crippen LogP contribution >= 0.6 is 0 Å². The van der Waals surface area contributed by atoms with E-state index in [1.54, 1.807) is 0 Å². The van der Waals surface area contributed by atoms with E-state index in [4.69, 9.17) is 4.74 Å². The van der Waals surface area contributed by atoms with Crippen LogP contribution in [-0.4, -0.2) is 19.9 Å². The van der Waals surface area contributed by atoms with Crippen molar-refractivity contribution in [2.75, 3.05) is 0 Å². The molecular weight excluding hydrogens is 438 g/mol. The fourth-order valence-corrected chi connectivity index (χ4v) is 2.78. The van der Waals surface area contributed by atoms with E-state index in [-0.39, 0.29) is 23.0 Å². The summed E-state index contributed by atoms with van der Waals surface area (Å²) in [6.07, 6.45) is -2.96. The van der Waals surface area contributed by atoms with Gasteiger partial charge in [0.15, 0.2) is 0 Å². The number of imidazole rings is 1. The molecule has 0 unspecified atom stereocenters. The normalized spacial score (nSPS) is 11.6. The van der Waals surface area contributed by atoms with Gasteiger partial charge in [-0.3, -0.25) is 4.98 Å². The lowest BCUT2D eigenvalue weighted by molar-refractivity contribution is -0.138. The highest BCUT2D eigenvalue weighted by molar-refractivity contribution is 5.65. The van der Waals surface area contributed by atoms with Crippen LogP contribution in [0.3, 0.4) is 0 Å². The van der Waals surface area contributed by atoms with Crippen molar-refractivity contribution < 1.29 is 31.1 Å². The number of ether oxygens (including phenoxy) is 1. The molecule has 0 aliphatic heterocycles. The first kappa shape index (κ1) is 21.3. The van der Waals surface area contributed by atoms with Crippen molar-refractivity contribution in [2.45, 2.75) is 12.8 Å². The molecule has 1 aromatic carbocycles. The molecule has 5 nitrogen and oxygen atoms in total. The molecule has 32 heavy (non-hydrogen) atoms. The summed E-state index contributed by atoms with van der Waals surface area (Å²) in [7, 11) is 0. The fraction of sp³-hybridized carbons (Fsp3) is 0.0952. The van der Waals surface area contributed by atoms with Crippen LogP contribution in [0.4, 0.5) is 26.3 Å². The van der Waals surface area contributed by atoms with Crippen molar-refractivity contribution in [1.29, 1.82) is 0 Å². The molecule has 0 aliphatic carbocycles. The average molecular weight is 450 g/mol. The van der Waals surface area contributed by atoms with Crippen LogP contribution in [0.1, 0.15) is 11.3 Å². The van der Waals surface area contributed by atoms with E-state index >= 15 is 0 Å². The van der Waals surface area contributed by atoms with Crippen molar-refractivity contribution in [3.05, 3.63) is 83.8 Å². The summed E-state index contributed by atoms with van der Waals surface area (Å²) in [5, 5.41) is 0. The summed E-state index contributed by atoms with van der Waals surface area (Å²) in [6, 6.07) is 8.79. The van der Waals surface area contributed by atoms with E-state index in [0.29, 0.717) is 23.4 Å². The predicted octanol–water partition coefficient (Wildman–Crippen LogP) is 5.55. The highest BCUT2D eigenvalue weighted by atomic mass is 19.4. The number of rotatable bonds is 5. The summed E-state index contributed by atoms with van der Waals surface area (Å²) in [5.74, 6) is -2.11. The molecule has 11 heteroatoms. The molecule has 0 spiro atoms. The van der Waals surface area contributed by atoms with Gasteiger partial charge in [0.2, 0.25) is 11.9 Å². The first-order chi connectivity index (χ1) is 15.2. The number of alkyl halides is 3. The number of aromatic amines is 1. The van der Waals surface area contributed by atoms with E-state index in [1.165, 1.54) is 36.5 Å². The summed E-state index contributed by atoms with van der Waals surface area (Å²) in [4.78, 5) is 13.6. The third kappa shape index (κ3) is 4.56. The van der Waals surface area contributed by atoms with Crippen molar-refractivity contribution >= 4 is 0 Å². The maximum atomic E-state index is 14.3. The molecular formula is C21H12F6N4O. The SMILES string of the molecule is Fc1ccc(-c2nc(-c3ccc(OCc4ncc(C(F)(F)F)cc4F)cc3)c(F)[nH]2)cn1. The molecule has 0 aliphatic rings. The minimum absolute atomic E-state index is 0.00586. The highest BCUT2D eigenvalue weighted by Gasteiger charge is 2.31. The van der Waals surface area contributed by atoms with E-state index < -0.39 is 36.1 Å². The van der Waals surface area contributed by atoms with Crippen molar-refractivity contribution in [3.8, 4) is 28.4 Å². The molecule has 0 bridgehead atoms. The van der Waals surface area contributed by atoms with Gasteiger partial charge in [0, 0.05) is 23.5 Å². The number of hydrogen-bond acceptors (Lipinski definition) is 4. The lowest BCUT2D eigenvalue weighted by atomic mass is 10.1. The Labute approximate surface area is 176 Å². The quantitative estimate of drug-likeness (QED) is 0.320. The standard InChI is InChI=1S/C21H12F6N4O/c22-15-7-13(21(25,26)27)9-28-16(15)10-32-14-4-1-11(2-5-14)18-19(24)31-20(30-18)12-3-6-17(23)29-8-12/h1-9H,10H2,(H,30,31). The van der Waals surface area contributed by atoms with Crippen LogP contribution < -0.4 is 4.74 Å². The largest absolute Gasteiger partial charge is 0.487 e. The van der Waals surface area contributed by atoms with Gasteiger partial charge in [-0.25, -0.2) is 14.4 Å². The molecule has 4 rings (SSSR count). The van der Waals surface area contributed by atoms with Gasteiger partial charge in [-0.05, 0) is 42.5 Å². The monoisotopic (exact) mass is 450 g/mol. The summed E-state index contributed by atoms with van der Waals surface area (Å²) < 4.78 is 84.2. The zero-order valence-corrected chi connectivity index (χ0v) is 15.9. The zero-order chi connectivity index (χ0) is 22.9. The predicted molar refractivity (Wildman–Crippen MR) is 101 cm³/mol. The Hall–Kier alpha value is -3.89. The van der Waals surface area contributed by atoms with Gasteiger partial charge in [-0.1, -0.05) is 0 Å². The van der Waals surface area contributed by atoms with E-state index in [9.17, 15) is 26.3 Å². The number of aromatic nitrogens is 4. The molecule has 4 aromatic rings.